The van der Waals surface area contributed by atoms with Crippen molar-refractivity contribution in [2.75, 3.05) is 11.1 Å². The summed E-state index contributed by atoms with van der Waals surface area (Å²) in [4.78, 5) is 17.4. The molecule has 2 aromatic heterocycles. The SMILES string of the molecule is CCc1ccc(OC(C)c2nnc(SCC(=O)Nc3ccc(-c4nc5ccc(C)cc5s4)cc3)n2CC)cc1. The molecule has 0 bridgehead atoms. The van der Waals surface area contributed by atoms with Gasteiger partial charge in [0.25, 0.3) is 0 Å². The molecule has 0 fully saturated rings. The van der Waals surface area contributed by atoms with Gasteiger partial charge in [-0.05, 0) is 86.8 Å². The van der Waals surface area contributed by atoms with Crippen LogP contribution in [0, 0.1) is 6.92 Å². The Balaban J connectivity index is 1.18. The van der Waals surface area contributed by atoms with Crippen LogP contribution in [-0.2, 0) is 17.8 Å². The van der Waals surface area contributed by atoms with Crippen LogP contribution < -0.4 is 10.1 Å². The van der Waals surface area contributed by atoms with Gasteiger partial charge in [-0.1, -0.05) is 36.9 Å². The Bertz CT molecular complexity index is 1580. The molecule has 0 saturated heterocycles. The number of ether oxygens (including phenoxy) is 1. The molecule has 0 aliphatic heterocycles. The number of carbonyl (C=O) groups is 1. The van der Waals surface area contributed by atoms with Gasteiger partial charge in [-0.3, -0.25) is 4.79 Å². The number of nitrogens with zero attached hydrogens (tertiary/aromatic N) is 4. The molecule has 9 heteroatoms. The first-order valence-corrected chi connectivity index (χ1v) is 14.8. The zero-order valence-corrected chi connectivity index (χ0v) is 24.1. The van der Waals surface area contributed by atoms with E-state index in [9.17, 15) is 4.79 Å². The molecule has 5 rings (SSSR count). The van der Waals surface area contributed by atoms with Crippen LogP contribution >= 0.6 is 23.1 Å². The Morgan fingerprint density at radius 3 is 2.54 bits per heavy atom. The van der Waals surface area contributed by atoms with Gasteiger partial charge in [0.05, 0.1) is 16.0 Å². The van der Waals surface area contributed by atoms with Crippen molar-refractivity contribution in [3.05, 3.63) is 83.7 Å². The number of nitrogens with one attached hydrogen (secondary N) is 1. The third-order valence-electron chi connectivity index (χ3n) is 6.36. The molecule has 0 radical (unpaired) electrons. The molecule has 0 aliphatic rings. The van der Waals surface area contributed by atoms with Gasteiger partial charge in [0.15, 0.2) is 17.1 Å². The fourth-order valence-electron chi connectivity index (χ4n) is 4.24. The van der Waals surface area contributed by atoms with Crippen molar-refractivity contribution >= 4 is 44.9 Å². The van der Waals surface area contributed by atoms with E-state index in [0.717, 1.165) is 39.8 Å². The fraction of sp³-hybridized carbons (Fsp3) is 0.267. The van der Waals surface area contributed by atoms with Gasteiger partial charge in [0.2, 0.25) is 5.91 Å². The minimum atomic E-state index is -0.272. The van der Waals surface area contributed by atoms with Crippen molar-refractivity contribution in [3.63, 3.8) is 0 Å². The number of rotatable bonds is 10. The second-order valence-corrected chi connectivity index (χ2v) is 11.2. The van der Waals surface area contributed by atoms with Crippen molar-refractivity contribution < 1.29 is 9.53 Å². The smallest absolute Gasteiger partial charge is 0.234 e. The number of anilines is 1. The van der Waals surface area contributed by atoms with Crippen LogP contribution in [0.15, 0.2) is 71.9 Å². The minimum Gasteiger partial charge on any atom is -0.483 e. The highest BCUT2D eigenvalue weighted by Crippen LogP contribution is 2.31. The highest BCUT2D eigenvalue weighted by molar-refractivity contribution is 7.99. The lowest BCUT2D eigenvalue weighted by Gasteiger charge is -2.16. The number of amides is 1. The number of aromatic nitrogens is 4. The predicted molar refractivity (Wildman–Crippen MR) is 160 cm³/mol. The minimum absolute atomic E-state index is 0.101. The average molecular weight is 558 g/mol. The largest absolute Gasteiger partial charge is 0.483 e. The molecule has 200 valence electrons. The van der Waals surface area contributed by atoms with Crippen LogP contribution in [0.3, 0.4) is 0 Å². The van der Waals surface area contributed by atoms with Gasteiger partial charge in [-0.25, -0.2) is 4.98 Å². The molecule has 1 amide bonds. The van der Waals surface area contributed by atoms with Crippen LogP contribution in [0.5, 0.6) is 5.75 Å². The second kappa shape index (κ2) is 12.0. The predicted octanol–water partition coefficient (Wildman–Crippen LogP) is 7.32. The zero-order valence-electron chi connectivity index (χ0n) is 22.5. The summed E-state index contributed by atoms with van der Waals surface area (Å²) in [6.07, 6.45) is 0.717. The Morgan fingerprint density at radius 1 is 1.05 bits per heavy atom. The van der Waals surface area contributed by atoms with E-state index in [1.165, 1.54) is 27.6 Å². The van der Waals surface area contributed by atoms with E-state index in [4.69, 9.17) is 9.72 Å². The Kier molecular flexibility index (Phi) is 8.28. The molecule has 3 aromatic carbocycles. The van der Waals surface area contributed by atoms with Gasteiger partial charge < -0.3 is 14.6 Å². The number of fused-ring (bicyclic) bond motifs is 1. The first-order chi connectivity index (χ1) is 18.9. The lowest BCUT2D eigenvalue weighted by molar-refractivity contribution is -0.113. The molecule has 0 aliphatic carbocycles. The number of thiazole rings is 1. The van der Waals surface area contributed by atoms with E-state index in [1.807, 2.05) is 54.8 Å². The first-order valence-electron chi connectivity index (χ1n) is 13.0. The maximum Gasteiger partial charge on any atom is 0.234 e. The molecule has 0 spiro atoms. The van der Waals surface area contributed by atoms with Crippen LogP contribution in [-0.4, -0.2) is 31.4 Å². The Labute approximate surface area is 236 Å². The van der Waals surface area contributed by atoms with Gasteiger partial charge in [-0.2, -0.15) is 0 Å². The number of thioether (sulfide) groups is 1. The van der Waals surface area contributed by atoms with Crippen LogP contribution in [0.1, 0.15) is 43.8 Å². The summed E-state index contributed by atoms with van der Waals surface area (Å²) in [5.74, 6) is 1.66. The topological polar surface area (TPSA) is 81.9 Å². The Hall–Kier alpha value is -3.69. The van der Waals surface area contributed by atoms with Gasteiger partial charge in [0.1, 0.15) is 10.8 Å². The van der Waals surface area contributed by atoms with Crippen molar-refractivity contribution in [3.8, 4) is 16.3 Å². The van der Waals surface area contributed by atoms with Gasteiger partial charge in [0, 0.05) is 17.8 Å². The number of hydrogen-bond acceptors (Lipinski definition) is 7. The average Bonchev–Trinajstić information content (AvgIpc) is 3.56. The van der Waals surface area contributed by atoms with Crippen LogP contribution in [0.2, 0.25) is 0 Å². The lowest BCUT2D eigenvalue weighted by Crippen LogP contribution is -2.15. The number of aryl methyl sites for hydroxylation is 2. The third-order valence-corrected chi connectivity index (χ3v) is 8.40. The third kappa shape index (κ3) is 6.32. The quantitative estimate of drug-likeness (QED) is 0.181. The molecular formula is C30H31N5O2S2. The standard InChI is InChI=1S/C30H31N5O2S2/c1-5-21-8-14-24(15-9-21)37-20(4)28-33-34-30(35(28)6-2)38-18-27(36)31-23-12-10-22(11-13-23)29-32-25-16-7-19(3)17-26(25)39-29/h7-17,20H,5-6,18H2,1-4H3,(H,31,36). The lowest BCUT2D eigenvalue weighted by atomic mass is 10.2. The number of benzene rings is 3. The van der Waals surface area contributed by atoms with E-state index < -0.39 is 0 Å². The van der Waals surface area contributed by atoms with E-state index >= 15 is 0 Å². The number of hydrogen-bond donors (Lipinski definition) is 1. The van der Waals surface area contributed by atoms with E-state index in [1.54, 1.807) is 11.3 Å². The molecule has 1 atom stereocenters. The van der Waals surface area contributed by atoms with Crippen molar-refractivity contribution in [1.82, 2.24) is 19.7 Å². The molecule has 5 aromatic rings. The van der Waals surface area contributed by atoms with Crippen LogP contribution in [0.4, 0.5) is 5.69 Å². The monoisotopic (exact) mass is 557 g/mol. The highest BCUT2D eigenvalue weighted by atomic mass is 32.2. The van der Waals surface area contributed by atoms with Gasteiger partial charge >= 0.3 is 0 Å². The van der Waals surface area contributed by atoms with Crippen molar-refractivity contribution in [1.29, 1.82) is 0 Å². The summed E-state index contributed by atoms with van der Waals surface area (Å²) in [6.45, 7) is 8.89. The normalized spacial score (nSPS) is 12.0. The summed E-state index contributed by atoms with van der Waals surface area (Å²) in [5.41, 5.74) is 5.27. The molecule has 39 heavy (non-hydrogen) atoms. The van der Waals surface area contributed by atoms with Crippen molar-refractivity contribution in [2.24, 2.45) is 0 Å². The van der Waals surface area contributed by atoms with E-state index in [-0.39, 0.29) is 17.8 Å². The fourth-order valence-corrected chi connectivity index (χ4v) is 6.12. The first kappa shape index (κ1) is 26.9. The van der Waals surface area contributed by atoms with Crippen molar-refractivity contribution in [2.45, 2.75) is 51.9 Å². The molecule has 7 nitrogen and oxygen atoms in total. The molecule has 0 saturated carbocycles. The summed E-state index contributed by atoms with van der Waals surface area (Å²) in [7, 11) is 0. The van der Waals surface area contributed by atoms with Gasteiger partial charge in [-0.15, -0.1) is 21.5 Å². The van der Waals surface area contributed by atoms with E-state index in [2.05, 4.69) is 59.7 Å². The molecular weight excluding hydrogens is 526 g/mol. The zero-order chi connectivity index (χ0) is 27.4. The Morgan fingerprint density at radius 2 is 1.82 bits per heavy atom. The summed E-state index contributed by atoms with van der Waals surface area (Å²) >= 11 is 3.04. The number of carbonyl (C=O) groups excluding carboxylic acids is 1. The summed E-state index contributed by atoms with van der Waals surface area (Å²) < 4.78 is 9.28. The van der Waals surface area contributed by atoms with Crippen LogP contribution in [0.25, 0.3) is 20.8 Å². The molecule has 1 unspecified atom stereocenters. The molecule has 2 heterocycles. The maximum absolute atomic E-state index is 12.7. The summed E-state index contributed by atoms with van der Waals surface area (Å²) in [5, 5.41) is 13.3. The highest BCUT2D eigenvalue weighted by Gasteiger charge is 2.19. The summed E-state index contributed by atoms with van der Waals surface area (Å²) in [6, 6.07) is 22.2. The van der Waals surface area contributed by atoms with E-state index in [0.29, 0.717) is 11.7 Å². The molecule has 1 N–H and O–H groups in total. The second-order valence-electron chi connectivity index (χ2n) is 9.25. The maximum atomic E-state index is 12.7.